The highest BCUT2D eigenvalue weighted by atomic mass is 15.3. The summed E-state index contributed by atoms with van der Waals surface area (Å²) in [6.45, 7) is 2.35. The van der Waals surface area contributed by atoms with E-state index >= 15 is 0 Å². The van der Waals surface area contributed by atoms with E-state index in [4.69, 9.17) is 10.8 Å². The lowest BCUT2D eigenvalue weighted by molar-refractivity contribution is 0.340. The average Bonchev–Trinajstić information content (AvgIpc) is 3.31. The van der Waals surface area contributed by atoms with Gasteiger partial charge in [-0.15, -0.1) is 0 Å². The van der Waals surface area contributed by atoms with E-state index < -0.39 is 0 Å². The average molecular weight is 275 g/mol. The Labute approximate surface area is 120 Å². The first-order chi connectivity index (χ1) is 9.67. The van der Waals surface area contributed by atoms with Crippen molar-refractivity contribution in [3.8, 4) is 0 Å². The molecule has 0 atom stereocenters. The van der Waals surface area contributed by atoms with Crippen molar-refractivity contribution in [2.45, 2.75) is 57.4 Å². The number of nitrogens with two attached hydrogens (primary N) is 1. The van der Waals surface area contributed by atoms with Crippen LogP contribution in [-0.2, 0) is 0 Å². The second-order valence-corrected chi connectivity index (χ2v) is 6.41. The second-order valence-electron chi connectivity index (χ2n) is 6.41. The lowest BCUT2D eigenvalue weighted by Crippen LogP contribution is -2.35. The zero-order valence-electron chi connectivity index (χ0n) is 12.5. The van der Waals surface area contributed by atoms with Crippen LogP contribution in [0.4, 0.5) is 11.6 Å². The van der Waals surface area contributed by atoms with Gasteiger partial charge < -0.3 is 10.3 Å². The Morgan fingerprint density at radius 1 is 1.15 bits per heavy atom. The third kappa shape index (κ3) is 2.87. The van der Waals surface area contributed by atoms with Gasteiger partial charge in [0.15, 0.2) is 0 Å². The van der Waals surface area contributed by atoms with Crippen LogP contribution in [0.1, 0.15) is 57.2 Å². The molecular formula is C15H25N5. The molecule has 20 heavy (non-hydrogen) atoms. The number of hydrogen-bond donors (Lipinski definition) is 2. The van der Waals surface area contributed by atoms with Crippen LogP contribution in [0.3, 0.4) is 0 Å². The van der Waals surface area contributed by atoms with Gasteiger partial charge >= 0.3 is 0 Å². The molecule has 3 rings (SSSR count). The molecule has 0 amide bonds. The van der Waals surface area contributed by atoms with Gasteiger partial charge in [0, 0.05) is 25.1 Å². The highest BCUT2D eigenvalue weighted by molar-refractivity contribution is 5.49. The van der Waals surface area contributed by atoms with E-state index in [1.54, 1.807) is 0 Å². The van der Waals surface area contributed by atoms with E-state index in [1.807, 2.05) is 6.07 Å². The number of nitrogen functional groups attached to an aromatic ring is 1. The van der Waals surface area contributed by atoms with E-state index in [0.717, 1.165) is 23.4 Å². The van der Waals surface area contributed by atoms with Crippen molar-refractivity contribution in [1.29, 1.82) is 0 Å². The van der Waals surface area contributed by atoms with E-state index in [9.17, 15) is 0 Å². The monoisotopic (exact) mass is 275 g/mol. The molecule has 110 valence electrons. The zero-order valence-corrected chi connectivity index (χ0v) is 12.5. The minimum absolute atomic E-state index is 0.543. The van der Waals surface area contributed by atoms with Crippen LogP contribution in [0.5, 0.6) is 0 Å². The predicted octanol–water partition coefficient (Wildman–Crippen LogP) is 2.65. The van der Waals surface area contributed by atoms with Crippen molar-refractivity contribution < 1.29 is 0 Å². The Bertz CT molecular complexity index is 463. The quantitative estimate of drug-likeness (QED) is 0.653. The van der Waals surface area contributed by atoms with Crippen LogP contribution in [0.2, 0.25) is 0 Å². The third-order valence-corrected chi connectivity index (χ3v) is 4.71. The summed E-state index contributed by atoms with van der Waals surface area (Å²) in [6.07, 6.45) is 7.56. The fourth-order valence-electron chi connectivity index (χ4n) is 3.05. The van der Waals surface area contributed by atoms with Crippen LogP contribution in [0.25, 0.3) is 0 Å². The first kappa shape index (κ1) is 13.6. The summed E-state index contributed by atoms with van der Waals surface area (Å²) >= 11 is 0. The van der Waals surface area contributed by atoms with Crippen LogP contribution in [0, 0.1) is 5.92 Å². The van der Waals surface area contributed by atoms with Gasteiger partial charge in [-0.3, -0.25) is 0 Å². The van der Waals surface area contributed by atoms with Gasteiger partial charge in [0.1, 0.15) is 17.5 Å². The number of nitrogens with one attached hydrogen (secondary N) is 1. The maximum Gasteiger partial charge on any atom is 0.145 e. The Morgan fingerprint density at radius 2 is 1.85 bits per heavy atom. The van der Waals surface area contributed by atoms with Gasteiger partial charge in [0.05, 0.1) is 0 Å². The van der Waals surface area contributed by atoms with Crippen molar-refractivity contribution >= 4 is 11.6 Å². The SMILES string of the molecule is CC1CCC(N(C)c2cc(NN)nc(C3CC3)n2)CC1. The molecule has 2 saturated carbocycles. The molecule has 3 N–H and O–H groups in total. The molecule has 0 aromatic carbocycles. The smallest absolute Gasteiger partial charge is 0.145 e. The largest absolute Gasteiger partial charge is 0.357 e. The number of rotatable bonds is 4. The predicted molar refractivity (Wildman–Crippen MR) is 81.6 cm³/mol. The maximum atomic E-state index is 5.55. The summed E-state index contributed by atoms with van der Waals surface area (Å²) in [7, 11) is 2.15. The van der Waals surface area contributed by atoms with Gasteiger partial charge in [-0.2, -0.15) is 0 Å². The molecule has 2 aliphatic carbocycles. The van der Waals surface area contributed by atoms with Crippen molar-refractivity contribution in [2.75, 3.05) is 17.4 Å². The molecule has 0 bridgehead atoms. The number of nitrogens with zero attached hydrogens (tertiary/aromatic N) is 3. The molecule has 0 radical (unpaired) electrons. The van der Waals surface area contributed by atoms with E-state index in [-0.39, 0.29) is 0 Å². The molecule has 0 unspecified atom stereocenters. The number of hydrazine groups is 1. The van der Waals surface area contributed by atoms with Crippen LogP contribution < -0.4 is 16.2 Å². The van der Waals surface area contributed by atoms with Gasteiger partial charge in [0.2, 0.25) is 0 Å². The van der Waals surface area contributed by atoms with Crippen molar-refractivity contribution in [1.82, 2.24) is 9.97 Å². The van der Waals surface area contributed by atoms with Crippen molar-refractivity contribution in [3.63, 3.8) is 0 Å². The van der Waals surface area contributed by atoms with Crippen molar-refractivity contribution in [3.05, 3.63) is 11.9 Å². The zero-order chi connectivity index (χ0) is 14.1. The lowest BCUT2D eigenvalue weighted by atomic mass is 9.87. The maximum absolute atomic E-state index is 5.55. The van der Waals surface area contributed by atoms with Crippen LogP contribution in [0.15, 0.2) is 6.07 Å². The normalized spacial score (nSPS) is 26.4. The molecule has 2 aliphatic rings. The Hall–Kier alpha value is -1.36. The van der Waals surface area contributed by atoms with E-state index in [1.165, 1.54) is 38.5 Å². The van der Waals surface area contributed by atoms with E-state index in [0.29, 0.717) is 12.0 Å². The molecule has 1 aromatic rings. The highest BCUT2D eigenvalue weighted by Gasteiger charge is 2.29. The summed E-state index contributed by atoms with van der Waals surface area (Å²) in [5.41, 5.74) is 2.68. The van der Waals surface area contributed by atoms with Crippen molar-refractivity contribution in [2.24, 2.45) is 11.8 Å². The first-order valence-electron chi connectivity index (χ1n) is 7.75. The fourth-order valence-corrected chi connectivity index (χ4v) is 3.05. The fraction of sp³-hybridized carbons (Fsp3) is 0.733. The highest BCUT2D eigenvalue weighted by Crippen LogP contribution is 2.39. The summed E-state index contributed by atoms with van der Waals surface area (Å²) < 4.78 is 0. The number of hydrogen-bond acceptors (Lipinski definition) is 5. The minimum Gasteiger partial charge on any atom is -0.357 e. The molecule has 1 heterocycles. The van der Waals surface area contributed by atoms with Gasteiger partial charge in [-0.1, -0.05) is 6.92 Å². The van der Waals surface area contributed by atoms with Gasteiger partial charge in [0.25, 0.3) is 0 Å². The number of aromatic nitrogens is 2. The molecule has 5 heteroatoms. The minimum atomic E-state index is 0.543. The van der Waals surface area contributed by atoms with Gasteiger partial charge in [-0.25, -0.2) is 15.8 Å². The summed E-state index contributed by atoms with van der Waals surface area (Å²) in [4.78, 5) is 11.6. The summed E-state index contributed by atoms with van der Waals surface area (Å²) in [5, 5.41) is 0. The molecule has 2 fully saturated rings. The molecule has 1 aromatic heterocycles. The molecule has 5 nitrogen and oxygen atoms in total. The first-order valence-corrected chi connectivity index (χ1v) is 7.75. The molecule has 0 aliphatic heterocycles. The van der Waals surface area contributed by atoms with E-state index in [2.05, 4.69) is 29.3 Å². The third-order valence-electron chi connectivity index (χ3n) is 4.71. The molecular weight excluding hydrogens is 250 g/mol. The summed E-state index contributed by atoms with van der Waals surface area (Å²) in [5.74, 6) is 9.65. The Kier molecular flexibility index (Phi) is 3.78. The van der Waals surface area contributed by atoms with Crippen LogP contribution in [-0.4, -0.2) is 23.1 Å². The summed E-state index contributed by atoms with van der Waals surface area (Å²) in [6, 6.07) is 2.56. The lowest BCUT2D eigenvalue weighted by Gasteiger charge is -2.34. The second kappa shape index (κ2) is 5.56. The molecule has 0 saturated heterocycles. The standard InChI is InChI=1S/C15H25N5/c1-10-3-7-12(8-4-10)20(2)14-9-13(19-16)17-15(18-14)11-5-6-11/h9-12H,3-8,16H2,1-2H3,(H,17,18,19). The molecule has 0 spiro atoms. The topological polar surface area (TPSA) is 67.1 Å². The van der Waals surface area contributed by atoms with Crippen LogP contribution >= 0.6 is 0 Å². The van der Waals surface area contributed by atoms with Gasteiger partial charge in [-0.05, 0) is 44.4 Å². The number of anilines is 2. The Morgan fingerprint density at radius 3 is 2.45 bits per heavy atom. The Balaban J connectivity index is 1.79.